The lowest BCUT2D eigenvalue weighted by Crippen LogP contribution is -2.36. The van der Waals surface area contributed by atoms with Crippen LogP contribution < -0.4 is 5.32 Å². The molecule has 1 fully saturated rings. The number of aliphatic hydroxyl groups is 1. The van der Waals surface area contributed by atoms with Gasteiger partial charge in [0.2, 0.25) is 0 Å². The van der Waals surface area contributed by atoms with E-state index in [1.807, 2.05) is 20.8 Å². The van der Waals surface area contributed by atoms with Crippen LogP contribution in [0.3, 0.4) is 0 Å². The number of rotatable bonds is 4. The predicted molar refractivity (Wildman–Crippen MR) is 75.0 cm³/mol. The highest BCUT2D eigenvalue weighted by molar-refractivity contribution is 5.68. The summed E-state index contributed by atoms with van der Waals surface area (Å²) in [6.07, 6.45) is -0.280. The molecule has 112 valence electrons. The molecule has 0 saturated carbocycles. The largest absolute Gasteiger partial charge is 0.444 e. The topological polar surface area (TPSA) is 61.8 Å². The van der Waals surface area contributed by atoms with Crippen LogP contribution in [0.1, 0.15) is 34.6 Å². The Balaban J connectivity index is 2.53. The van der Waals surface area contributed by atoms with Crippen LogP contribution in [-0.4, -0.2) is 54.0 Å². The van der Waals surface area contributed by atoms with Crippen molar-refractivity contribution in [2.45, 2.75) is 46.3 Å². The molecule has 2 N–H and O–H groups in total. The van der Waals surface area contributed by atoms with Gasteiger partial charge in [0.25, 0.3) is 0 Å². The Kier molecular flexibility index (Phi) is 5.62. The zero-order chi connectivity index (χ0) is 14.6. The molecule has 0 aromatic heterocycles. The average molecular weight is 272 g/mol. The van der Waals surface area contributed by atoms with Gasteiger partial charge in [0, 0.05) is 38.2 Å². The van der Waals surface area contributed by atoms with Crippen molar-refractivity contribution < 1.29 is 14.6 Å². The third kappa shape index (κ3) is 5.37. The van der Waals surface area contributed by atoms with Crippen LogP contribution in [0.15, 0.2) is 0 Å². The Labute approximate surface area is 116 Å². The molecule has 2 atom stereocenters. The summed E-state index contributed by atoms with van der Waals surface area (Å²) in [4.78, 5) is 13.7. The third-order valence-corrected chi connectivity index (χ3v) is 3.25. The van der Waals surface area contributed by atoms with Gasteiger partial charge < -0.3 is 20.1 Å². The molecule has 5 nitrogen and oxygen atoms in total. The van der Waals surface area contributed by atoms with Gasteiger partial charge in [-0.05, 0) is 26.7 Å². The number of nitrogens with zero attached hydrogens (tertiary/aromatic N) is 1. The molecule has 1 amide bonds. The highest BCUT2D eigenvalue weighted by Gasteiger charge is 2.36. The van der Waals surface area contributed by atoms with Gasteiger partial charge >= 0.3 is 6.09 Å². The first kappa shape index (κ1) is 16.2. The lowest BCUT2D eigenvalue weighted by atomic mass is 9.97. The molecule has 1 saturated heterocycles. The summed E-state index contributed by atoms with van der Waals surface area (Å²) in [5.41, 5.74) is -0.472. The number of likely N-dealkylation sites (tertiary alicyclic amines) is 1. The normalized spacial score (nSPS) is 24.1. The molecule has 1 aliphatic heterocycles. The van der Waals surface area contributed by atoms with Crippen LogP contribution in [0.2, 0.25) is 0 Å². The van der Waals surface area contributed by atoms with E-state index in [9.17, 15) is 9.90 Å². The minimum absolute atomic E-state index is 0.115. The monoisotopic (exact) mass is 272 g/mol. The summed E-state index contributed by atoms with van der Waals surface area (Å²) < 4.78 is 5.37. The second kappa shape index (κ2) is 6.57. The first-order valence-electron chi connectivity index (χ1n) is 7.05. The average Bonchev–Trinajstić information content (AvgIpc) is 2.67. The molecule has 0 aromatic carbocycles. The van der Waals surface area contributed by atoms with Gasteiger partial charge in [-0.3, -0.25) is 0 Å². The fraction of sp³-hybridized carbons (Fsp3) is 0.929. The standard InChI is InChI=1S/C14H28N2O3/c1-10(2)15-6-11-7-16(8-12(11)9-17)13(18)19-14(3,4)5/h10-12,15,17H,6-9H2,1-5H3. The van der Waals surface area contributed by atoms with E-state index in [1.54, 1.807) is 4.90 Å². The Morgan fingerprint density at radius 1 is 1.37 bits per heavy atom. The molecule has 0 spiro atoms. The Hall–Kier alpha value is -0.810. The fourth-order valence-corrected chi connectivity index (χ4v) is 2.24. The number of hydrogen-bond acceptors (Lipinski definition) is 4. The van der Waals surface area contributed by atoms with E-state index in [1.165, 1.54) is 0 Å². The summed E-state index contributed by atoms with van der Waals surface area (Å²) in [5.74, 6) is 0.429. The molecule has 5 heteroatoms. The molecule has 0 aromatic rings. The molecule has 2 unspecified atom stereocenters. The van der Waals surface area contributed by atoms with Gasteiger partial charge in [0.1, 0.15) is 5.60 Å². The van der Waals surface area contributed by atoms with Gasteiger partial charge in [-0.2, -0.15) is 0 Å². The van der Waals surface area contributed by atoms with E-state index in [2.05, 4.69) is 19.2 Å². The quantitative estimate of drug-likeness (QED) is 0.813. The van der Waals surface area contributed by atoms with Gasteiger partial charge in [0.15, 0.2) is 0 Å². The molecule has 1 heterocycles. The van der Waals surface area contributed by atoms with E-state index in [0.717, 1.165) is 6.54 Å². The van der Waals surface area contributed by atoms with Crippen LogP contribution in [0.4, 0.5) is 4.79 Å². The molecular formula is C14H28N2O3. The van der Waals surface area contributed by atoms with Crippen molar-refractivity contribution >= 4 is 6.09 Å². The fourth-order valence-electron chi connectivity index (χ4n) is 2.24. The summed E-state index contributed by atoms with van der Waals surface area (Å²) in [5, 5.41) is 12.8. The van der Waals surface area contributed by atoms with Crippen molar-refractivity contribution in [1.29, 1.82) is 0 Å². The van der Waals surface area contributed by atoms with Crippen LogP contribution in [-0.2, 0) is 4.74 Å². The van der Waals surface area contributed by atoms with E-state index < -0.39 is 5.60 Å². The Morgan fingerprint density at radius 2 is 1.95 bits per heavy atom. The molecule has 1 rings (SSSR count). The maximum absolute atomic E-state index is 12.0. The van der Waals surface area contributed by atoms with Crippen molar-refractivity contribution in [1.82, 2.24) is 10.2 Å². The number of amides is 1. The number of hydrogen-bond donors (Lipinski definition) is 2. The molecule has 0 bridgehead atoms. The Morgan fingerprint density at radius 3 is 2.42 bits per heavy atom. The number of carbonyl (C=O) groups is 1. The second-order valence-corrected chi connectivity index (χ2v) is 6.65. The second-order valence-electron chi connectivity index (χ2n) is 6.65. The molecule has 0 radical (unpaired) electrons. The minimum Gasteiger partial charge on any atom is -0.444 e. The molecule has 0 aliphatic carbocycles. The summed E-state index contributed by atoms with van der Waals surface area (Å²) >= 11 is 0. The van der Waals surface area contributed by atoms with Crippen molar-refractivity contribution in [2.24, 2.45) is 11.8 Å². The number of ether oxygens (including phenoxy) is 1. The van der Waals surface area contributed by atoms with Crippen molar-refractivity contribution in [3.63, 3.8) is 0 Å². The maximum Gasteiger partial charge on any atom is 0.410 e. The first-order chi connectivity index (χ1) is 8.73. The van der Waals surface area contributed by atoms with Crippen LogP contribution in [0.25, 0.3) is 0 Å². The van der Waals surface area contributed by atoms with Gasteiger partial charge in [-0.15, -0.1) is 0 Å². The van der Waals surface area contributed by atoms with Gasteiger partial charge in [0.05, 0.1) is 0 Å². The summed E-state index contributed by atoms with van der Waals surface area (Å²) in [7, 11) is 0. The summed E-state index contributed by atoms with van der Waals surface area (Å²) in [6, 6.07) is 0.412. The van der Waals surface area contributed by atoms with Gasteiger partial charge in [-0.25, -0.2) is 4.79 Å². The minimum atomic E-state index is -0.472. The summed E-state index contributed by atoms with van der Waals surface area (Å²) in [6.45, 7) is 11.9. The molecule has 19 heavy (non-hydrogen) atoms. The smallest absolute Gasteiger partial charge is 0.410 e. The SMILES string of the molecule is CC(C)NCC1CN(C(=O)OC(C)(C)C)CC1CO. The van der Waals surface area contributed by atoms with Crippen molar-refractivity contribution in [3.8, 4) is 0 Å². The Bertz CT molecular complexity index is 300. The van der Waals surface area contributed by atoms with E-state index in [-0.39, 0.29) is 18.6 Å². The van der Waals surface area contributed by atoms with Gasteiger partial charge in [-0.1, -0.05) is 13.8 Å². The highest BCUT2D eigenvalue weighted by Crippen LogP contribution is 2.24. The van der Waals surface area contributed by atoms with Crippen molar-refractivity contribution in [2.75, 3.05) is 26.2 Å². The number of carbonyl (C=O) groups excluding carboxylic acids is 1. The number of nitrogens with one attached hydrogen (secondary N) is 1. The lowest BCUT2D eigenvalue weighted by molar-refractivity contribution is 0.0281. The molecular weight excluding hydrogens is 244 g/mol. The van der Waals surface area contributed by atoms with Crippen LogP contribution in [0.5, 0.6) is 0 Å². The van der Waals surface area contributed by atoms with Crippen molar-refractivity contribution in [3.05, 3.63) is 0 Å². The first-order valence-corrected chi connectivity index (χ1v) is 7.05. The third-order valence-electron chi connectivity index (χ3n) is 3.25. The zero-order valence-electron chi connectivity index (χ0n) is 12.8. The number of aliphatic hydroxyl groups excluding tert-OH is 1. The highest BCUT2D eigenvalue weighted by atomic mass is 16.6. The van der Waals surface area contributed by atoms with Crippen LogP contribution in [0, 0.1) is 11.8 Å². The predicted octanol–water partition coefficient (Wildman–Crippen LogP) is 1.46. The van der Waals surface area contributed by atoms with E-state index in [0.29, 0.717) is 25.0 Å². The lowest BCUT2D eigenvalue weighted by Gasteiger charge is -2.24. The van der Waals surface area contributed by atoms with Crippen LogP contribution >= 0.6 is 0 Å². The van der Waals surface area contributed by atoms with E-state index in [4.69, 9.17) is 4.74 Å². The zero-order valence-corrected chi connectivity index (χ0v) is 12.8. The molecule has 1 aliphatic rings. The van der Waals surface area contributed by atoms with E-state index >= 15 is 0 Å². The maximum atomic E-state index is 12.0.